The van der Waals surface area contributed by atoms with Gasteiger partial charge in [0.25, 0.3) is 5.91 Å². The molecule has 0 radical (unpaired) electrons. The number of amides is 1. The highest BCUT2D eigenvalue weighted by molar-refractivity contribution is 5.94. The fraction of sp³-hybridized carbons (Fsp3) is 0.562. The van der Waals surface area contributed by atoms with Gasteiger partial charge in [0.15, 0.2) is 0 Å². The van der Waals surface area contributed by atoms with Crippen molar-refractivity contribution in [1.29, 1.82) is 0 Å². The number of fused-ring (bicyclic) bond motifs is 1. The number of hydrogen-bond acceptors (Lipinski definition) is 3. The van der Waals surface area contributed by atoms with E-state index in [1.807, 2.05) is 0 Å². The first-order valence-corrected chi connectivity index (χ1v) is 7.54. The third-order valence-corrected chi connectivity index (χ3v) is 4.39. The minimum atomic E-state index is -0.445. The fourth-order valence-corrected chi connectivity index (χ4v) is 3.13. The number of benzene rings is 1. The standard InChI is InChI=1S/C16H21FN2O2/c1-11-4-2-6-14(15(11)17)16(20)18-8-13-9-19-7-3-5-12(19)10-21-13/h2,4,6,12-13H,3,5,7-10H2,1H3,(H,18,20). The predicted molar refractivity (Wildman–Crippen MR) is 77.8 cm³/mol. The Morgan fingerprint density at radius 2 is 2.38 bits per heavy atom. The largest absolute Gasteiger partial charge is 0.373 e. The zero-order chi connectivity index (χ0) is 14.8. The van der Waals surface area contributed by atoms with Crippen molar-refractivity contribution in [1.82, 2.24) is 10.2 Å². The number of carbonyl (C=O) groups excluding carboxylic acids is 1. The van der Waals surface area contributed by atoms with E-state index in [9.17, 15) is 9.18 Å². The number of nitrogens with zero attached hydrogens (tertiary/aromatic N) is 1. The minimum Gasteiger partial charge on any atom is -0.373 e. The van der Waals surface area contributed by atoms with Gasteiger partial charge in [-0.25, -0.2) is 4.39 Å². The SMILES string of the molecule is Cc1cccc(C(=O)NCC2CN3CCCC3CO2)c1F. The molecule has 2 heterocycles. The molecule has 0 aromatic heterocycles. The second-order valence-electron chi connectivity index (χ2n) is 5.89. The van der Waals surface area contributed by atoms with E-state index in [0.29, 0.717) is 18.2 Å². The molecule has 1 aromatic carbocycles. The van der Waals surface area contributed by atoms with Crippen molar-refractivity contribution in [3.8, 4) is 0 Å². The number of rotatable bonds is 3. The van der Waals surface area contributed by atoms with Crippen LogP contribution in [0.4, 0.5) is 4.39 Å². The van der Waals surface area contributed by atoms with Crippen molar-refractivity contribution in [2.24, 2.45) is 0 Å². The molecule has 4 nitrogen and oxygen atoms in total. The highest BCUT2D eigenvalue weighted by atomic mass is 19.1. The zero-order valence-electron chi connectivity index (χ0n) is 12.3. The highest BCUT2D eigenvalue weighted by Crippen LogP contribution is 2.22. The number of aryl methyl sites for hydroxylation is 1. The number of halogens is 1. The summed E-state index contributed by atoms with van der Waals surface area (Å²) in [5.41, 5.74) is 0.585. The Balaban J connectivity index is 1.55. The van der Waals surface area contributed by atoms with Gasteiger partial charge in [-0.05, 0) is 37.9 Å². The quantitative estimate of drug-likeness (QED) is 0.922. The summed E-state index contributed by atoms with van der Waals surface area (Å²) in [4.78, 5) is 14.5. The van der Waals surface area contributed by atoms with E-state index in [4.69, 9.17) is 4.74 Å². The number of ether oxygens (including phenoxy) is 1. The summed E-state index contributed by atoms with van der Waals surface area (Å²) in [7, 11) is 0. The Hall–Kier alpha value is -1.46. The van der Waals surface area contributed by atoms with Crippen LogP contribution in [0.25, 0.3) is 0 Å². The molecular formula is C16H21FN2O2. The van der Waals surface area contributed by atoms with E-state index in [0.717, 1.165) is 19.7 Å². The number of nitrogens with one attached hydrogen (secondary N) is 1. The second kappa shape index (κ2) is 6.12. The average molecular weight is 292 g/mol. The van der Waals surface area contributed by atoms with Crippen LogP contribution in [-0.4, -0.2) is 49.2 Å². The normalized spacial score (nSPS) is 25.6. The third kappa shape index (κ3) is 3.09. The second-order valence-corrected chi connectivity index (χ2v) is 5.89. The van der Waals surface area contributed by atoms with Gasteiger partial charge in [-0.1, -0.05) is 12.1 Å². The fourth-order valence-electron chi connectivity index (χ4n) is 3.13. The van der Waals surface area contributed by atoms with Crippen LogP contribution < -0.4 is 5.32 Å². The summed E-state index contributed by atoms with van der Waals surface area (Å²) in [6.45, 7) is 4.78. The molecule has 2 aliphatic rings. The van der Waals surface area contributed by atoms with Gasteiger partial charge in [-0.3, -0.25) is 9.69 Å². The van der Waals surface area contributed by atoms with Crippen LogP contribution >= 0.6 is 0 Å². The Labute approximate surface area is 124 Å². The summed E-state index contributed by atoms with van der Waals surface area (Å²) < 4.78 is 19.7. The van der Waals surface area contributed by atoms with Crippen molar-refractivity contribution in [2.45, 2.75) is 31.9 Å². The molecule has 21 heavy (non-hydrogen) atoms. The van der Waals surface area contributed by atoms with E-state index in [-0.39, 0.29) is 17.6 Å². The van der Waals surface area contributed by atoms with Gasteiger partial charge in [0, 0.05) is 19.1 Å². The van der Waals surface area contributed by atoms with Crippen molar-refractivity contribution in [2.75, 3.05) is 26.2 Å². The minimum absolute atomic E-state index is 0.00355. The first kappa shape index (κ1) is 14.5. The van der Waals surface area contributed by atoms with Gasteiger partial charge in [-0.15, -0.1) is 0 Å². The van der Waals surface area contributed by atoms with Crippen LogP contribution in [0.2, 0.25) is 0 Å². The van der Waals surface area contributed by atoms with E-state index in [2.05, 4.69) is 10.2 Å². The smallest absolute Gasteiger partial charge is 0.254 e. The highest BCUT2D eigenvalue weighted by Gasteiger charge is 2.32. The Bertz CT molecular complexity index is 535. The van der Waals surface area contributed by atoms with Gasteiger partial charge in [0.2, 0.25) is 0 Å². The maximum Gasteiger partial charge on any atom is 0.254 e. The lowest BCUT2D eigenvalue weighted by atomic mass is 10.1. The molecule has 0 bridgehead atoms. The summed E-state index contributed by atoms with van der Waals surface area (Å²) in [6.07, 6.45) is 2.42. The first-order chi connectivity index (χ1) is 10.1. The Kier molecular flexibility index (Phi) is 4.22. The van der Waals surface area contributed by atoms with Crippen LogP contribution in [0.5, 0.6) is 0 Å². The molecule has 2 saturated heterocycles. The topological polar surface area (TPSA) is 41.6 Å². The van der Waals surface area contributed by atoms with Crippen LogP contribution in [0.3, 0.4) is 0 Å². The molecule has 2 fully saturated rings. The zero-order valence-corrected chi connectivity index (χ0v) is 12.3. The molecule has 0 aliphatic carbocycles. The number of morpholine rings is 1. The summed E-state index contributed by atoms with van der Waals surface area (Å²) in [6, 6.07) is 5.41. The van der Waals surface area contributed by atoms with Crippen molar-refractivity contribution in [3.63, 3.8) is 0 Å². The van der Waals surface area contributed by atoms with Crippen LogP contribution in [0.1, 0.15) is 28.8 Å². The molecule has 2 aliphatic heterocycles. The Morgan fingerprint density at radius 1 is 1.52 bits per heavy atom. The van der Waals surface area contributed by atoms with E-state index in [1.54, 1.807) is 19.1 Å². The molecular weight excluding hydrogens is 271 g/mol. The average Bonchev–Trinajstić information content (AvgIpc) is 2.95. The maximum absolute atomic E-state index is 13.9. The molecule has 0 saturated carbocycles. The molecule has 2 unspecified atom stereocenters. The van der Waals surface area contributed by atoms with Gasteiger partial charge in [0.05, 0.1) is 18.3 Å². The van der Waals surface area contributed by atoms with Crippen molar-refractivity contribution < 1.29 is 13.9 Å². The van der Waals surface area contributed by atoms with E-state index in [1.165, 1.54) is 18.9 Å². The first-order valence-electron chi connectivity index (χ1n) is 7.54. The van der Waals surface area contributed by atoms with E-state index < -0.39 is 5.82 Å². The van der Waals surface area contributed by atoms with Crippen LogP contribution in [0.15, 0.2) is 18.2 Å². The Morgan fingerprint density at radius 3 is 3.24 bits per heavy atom. The third-order valence-electron chi connectivity index (χ3n) is 4.39. The van der Waals surface area contributed by atoms with Crippen molar-refractivity contribution in [3.05, 3.63) is 35.1 Å². The van der Waals surface area contributed by atoms with Gasteiger partial charge >= 0.3 is 0 Å². The monoisotopic (exact) mass is 292 g/mol. The van der Waals surface area contributed by atoms with Gasteiger partial charge in [-0.2, -0.15) is 0 Å². The molecule has 1 amide bonds. The van der Waals surface area contributed by atoms with Crippen LogP contribution in [0, 0.1) is 12.7 Å². The maximum atomic E-state index is 13.9. The molecule has 1 aromatic rings. The van der Waals surface area contributed by atoms with E-state index >= 15 is 0 Å². The summed E-state index contributed by atoms with van der Waals surface area (Å²) in [5.74, 6) is -0.817. The number of hydrogen-bond donors (Lipinski definition) is 1. The summed E-state index contributed by atoms with van der Waals surface area (Å²) in [5, 5.41) is 2.79. The predicted octanol–water partition coefficient (Wildman–Crippen LogP) is 1.73. The lowest BCUT2D eigenvalue weighted by molar-refractivity contribution is -0.0462. The molecule has 2 atom stereocenters. The van der Waals surface area contributed by atoms with Gasteiger partial charge in [0.1, 0.15) is 5.82 Å². The van der Waals surface area contributed by atoms with Crippen molar-refractivity contribution >= 4 is 5.91 Å². The lowest BCUT2D eigenvalue weighted by Gasteiger charge is -2.35. The molecule has 0 spiro atoms. The summed E-state index contributed by atoms with van der Waals surface area (Å²) >= 11 is 0. The molecule has 114 valence electrons. The van der Waals surface area contributed by atoms with Gasteiger partial charge < -0.3 is 10.1 Å². The van der Waals surface area contributed by atoms with Crippen LogP contribution in [-0.2, 0) is 4.74 Å². The molecule has 1 N–H and O–H groups in total. The lowest BCUT2D eigenvalue weighted by Crippen LogP contribution is -2.50. The molecule has 3 rings (SSSR count). The number of carbonyl (C=O) groups is 1. The molecule has 5 heteroatoms.